The van der Waals surface area contributed by atoms with E-state index >= 15 is 0 Å². The number of amides is 1. The molecule has 0 saturated carbocycles. The van der Waals surface area contributed by atoms with Gasteiger partial charge in [-0.2, -0.15) is 0 Å². The normalized spacial score (nSPS) is 9.21. The first-order chi connectivity index (χ1) is 6.59. The molecule has 0 aromatic heterocycles. The van der Waals surface area contributed by atoms with Crippen molar-refractivity contribution in [2.24, 2.45) is 0 Å². The van der Waals surface area contributed by atoms with E-state index < -0.39 is 11.9 Å². The Hall–Kier alpha value is -2.04. The lowest BCUT2D eigenvalue weighted by Crippen LogP contribution is -2.35. The van der Waals surface area contributed by atoms with Crippen LogP contribution in [0.4, 0.5) is 5.69 Å². The molecule has 1 amide bonds. The second kappa shape index (κ2) is 4.27. The summed E-state index contributed by atoms with van der Waals surface area (Å²) in [6, 6.07) is 7.19. The van der Waals surface area contributed by atoms with E-state index in [9.17, 15) is 9.59 Å². The van der Waals surface area contributed by atoms with Crippen LogP contribution in [0.1, 0.15) is 5.56 Å². The van der Waals surface area contributed by atoms with Crippen LogP contribution in [0.15, 0.2) is 24.3 Å². The van der Waals surface area contributed by atoms with Crippen molar-refractivity contribution in [3.63, 3.8) is 0 Å². The van der Waals surface area contributed by atoms with Crippen LogP contribution in [0, 0.1) is 6.92 Å². The van der Waals surface area contributed by atoms with Crippen molar-refractivity contribution in [1.82, 2.24) is 5.43 Å². The minimum Gasteiger partial charge on any atom is -0.474 e. The smallest absolute Gasteiger partial charge is 0.396 e. The largest absolute Gasteiger partial charge is 0.474 e. The standard InChI is InChI=1S/C9H10N2O3/c1-6-3-2-4-7(5-6)10-11-8(12)9(13)14/h2-5,10H,1H3,(H,11,12)(H,13,14). The average Bonchev–Trinajstić information content (AvgIpc) is 2.14. The van der Waals surface area contributed by atoms with E-state index in [1.165, 1.54) is 0 Å². The number of rotatable bonds is 2. The number of hydrogen-bond donors (Lipinski definition) is 3. The lowest BCUT2D eigenvalue weighted by Gasteiger charge is -2.06. The molecule has 1 aromatic carbocycles. The first-order valence-electron chi connectivity index (χ1n) is 3.95. The predicted octanol–water partition coefficient (Wildman–Crippen LogP) is 0.523. The summed E-state index contributed by atoms with van der Waals surface area (Å²) in [5, 5.41) is 8.26. The van der Waals surface area contributed by atoms with E-state index in [1.54, 1.807) is 18.2 Å². The van der Waals surface area contributed by atoms with Crippen molar-refractivity contribution < 1.29 is 14.7 Å². The lowest BCUT2D eigenvalue weighted by atomic mass is 10.2. The zero-order valence-corrected chi connectivity index (χ0v) is 7.57. The Bertz CT molecular complexity index is 363. The van der Waals surface area contributed by atoms with Crippen molar-refractivity contribution >= 4 is 17.6 Å². The number of aryl methyl sites for hydroxylation is 1. The SMILES string of the molecule is Cc1cccc(NNC(=O)C(=O)O)c1. The van der Waals surface area contributed by atoms with Crippen molar-refractivity contribution in [3.05, 3.63) is 29.8 Å². The summed E-state index contributed by atoms with van der Waals surface area (Å²) in [4.78, 5) is 20.8. The van der Waals surface area contributed by atoms with Gasteiger partial charge in [0.25, 0.3) is 0 Å². The molecule has 0 bridgehead atoms. The Morgan fingerprint density at radius 3 is 2.64 bits per heavy atom. The maximum absolute atomic E-state index is 10.6. The molecule has 5 nitrogen and oxygen atoms in total. The van der Waals surface area contributed by atoms with Gasteiger partial charge in [-0.15, -0.1) is 0 Å². The first-order valence-corrected chi connectivity index (χ1v) is 3.95. The fourth-order valence-electron chi connectivity index (χ4n) is 0.905. The van der Waals surface area contributed by atoms with E-state index in [1.807, 2.05) is 18.4 Å². The molecular formula is C9H10N2O3. The maximum atomic E-state index is 10.6. The second-order valence-corrected chi connectivity index (χ2v) is 2.75. The fraction of sp³-hybridized carbons (Fsp3) is 0.111. The van der Waals surface area contributed by atoms with Crippen LogP contribution < -0.4 is 10.9 Å². The number of benzene rings is 1. The minimum atomic E-state index is -1.52. The summed E-state index contributed by atoms with van der Waals surface area (Å²) >= 11 is 0. The molecule has 0 spiro atoms. The number of anilines is 1. The average molecular weight is 194 g/mol. The van der Waals surface area contributed by atoms with Gasteiger partial charge in [-0.3, -0.25) is 15.6 Å². The van der Waals surface area contributed by atoms with Gasteiger partial charge in [0.1, 0.15) is 0 Å². The zero-order valence-electron chi connectivity index (χ0n) is 7.57. The van der Waals surface area contributed by atoms with Gasteiger partial charge in [0.2, 0.25) is 0 Å². The summed E-state index contributed by atoms with van der Waals surface area (Å²) in [7, 11) is 0. The molecule has 0 fully saturated rings. The zero-order chi connectivity index (χ0) is 10.6. The van der Waals surface area contributed by atoms with Crippen molar-refractivity contribution in [2.75, 3.05) is 5.43 Å². The number of carbonyl (C=O) groups excluding carboxylic acids is 1. The molecule has 3 N–H and O–H groups in total. The molecule has 0 radical (unpaired) electrons. The molecule has 0 saturated heterocycles. The molecule has 1 aromatic rings. The highest BCUT2D eigenvalue weighted by atomic mass is 16.4. The van der Waals surface area contributed by atoms with Crippen LogP contribution in [0.3, 0.4) is 0 Å². The third-order valence-electron chi connectivity index (χ3n) is 1.53. The van der Waals surface area contributed by atoms with Gasteiger partial charge in [-0.25, -0.2) is 4.79 Å². The molecule has 0 aliphatic rings. The van der Waals surface area contributed by atoms with Crippen LogP contribution in [0.25, 0.3) is 0 Å². The third kappa shape index (κ3) is 2.78. The number of carboxylic acids is 1. The highest BCUT2D eigenvalue weighted by molar-refractivity contribution is 6.31. The van der Waals surface area contributed by atoms with E-state index in [0.717, 1.165) is 5.56 Å². The minimum absolute atomic E-state index is 0.639. The van der Waals surface area contributed by atoms with Gasteiger partial charge < -0.3 is 5.11 Å². The van der Waals surface area contributed by atoms with Crippen LogP contribution in [-0.2, 0) is 9.59 Å². The Morgan fingerprint density at radius 1 is 1.36 bits per heavy atom. The highest BCUT2D eigenvalue weighted by Crippen LogP contribution is 2.07. The number of hydrazine groups is 1. The fourth-order valence-corrected chi connectivity index (χ4v) is 0.905. The topological polar surface area (TPSA) is 78.4 Å². The molecule has 1 rings (SSSR count). The molecule has 0 atom stereocenters. The number of nitrogens with one attached hydrogen (secondary N) is 2. The van der Waals surface area contributed by atoms with Gasteiger partial charge in [-0.1, -0.05) is 12.1 Å². The van der Waals surface area contributed by atoms with Gasteiger partial charge in [0.15, 0.2) is 0 Å². The first kappa shape index (κ1) is 10.0. The van der Waals surface area contributed by atoms with Crippen molar-refractivity contribution in [3.8, 4) is 0 Å². The lowest BCUT2D eigenvalue weighted by molar-refractivity contribution is -0.149. The van der Waals surface area contributed by atoms with E-state index in [-0.39, 0.29) is 0 Å². The summed E-state index contributed by atoms with van der Waals surface area (Å²) in [5.41, 5.74) is 6.18. The molecule has 0 heterocycles. The number of aliphatic carboxylic acids is 1. The van der Waals surface area contributed by atoms with E-state index in [2.05, 4.69) is 5.43 Å². The van der Waals surface area contributed by atoms with Gasteiger partial charge in [0, 0.05) is 0 Å². The summed E-state index contributed by atoms with van der Waals surface area (Å²) in [5.74, 6) is -2.61. The van der Waals surface area contributed by atoms with Gasteiger partial charge in [-0.05, 0) is 24.6 Å². The molecule has 14 heavy (non-hydrogen) atoms. The van der Waals surface area contributed by atoms with Gasteiger partial charge in [0.05, 0.1) is 5.69 Å². The predicted molar refractivity (Wildman–Crippen MR) is 50.6 cm³/mol. The summed E-state index contributed by atoms with van der Waals surface area (Å²) in [6.07, 6.45) is 0. The van der Waals surface area contributed by atoms with Crippen molar-refractivity contribution in [1.29, 1.82) is 0 Å². The quantitative estimate of drug-likeness (QED) is 0.474. The molecule has 74 valence electrons. The van der Waals surface area contributed by atoms with Crippen LogP contribution in [-0.4, -0.2) is 17.0 Å². The Kier molecular flexibility index (Phi) is 3.06. The molecule has 0 unspecified atom stereocenters. The summed E-state index contributed by atoms with van der Waals surface area (Å²) < 4.78 is 0. The van der Waals surface area contributed by atoms with Crippen LogP contribution in [0.5, 0.6) is 0 Å². The van der Waals surface area contributed by atoms with E-state index in [4.69, 9.17) is 5.11 Å². The van der Waals surface area contributed by atoms with Gasteiger partial charge >= 0.3 is 11.9 Å². The summed E-state index contributed by atoms with van der Waals surface area (Å²) in [6.45, 7) is 1.89. The number of carboxylic acid groups (broad SMARTS) is 1. The van der Waals surface area contributed by atoms with Crippen molar-refractivity contribution in [2.45, 2.75) is 6.92 Å². The highest BCUT2D eigenvalue weighted by Gasteiger charge is 2.09. The number of carbonyl (C=O) groups is 2. The Labute approximate surface area is 80.7 Å². The Morgan fingerprint density at radius 2 is 2.07 bits per heavy atom. The van der Waals surface area contributed by atoms with Crippen LogP contribution in [0.2, 0.25) is 0 Å². The monoisotopic (exact) mass is 194 g/mol. The molecular weight excluding hydrogens is 184 g/mol. The second-order valence-electron chi connectivity index (χ2n) is 2.75. The molecule has 0 aliphatic heterocycles. The Balaban J connectivity index is 2.54. The number of hydrogen-bond acceptors (Lipinski definition) is 3. The van der Waals surface area contributed by atoms with E-state index in [0.29, 0.717) is 5.69 Å². The van der Waals surface area contributed by atoms with Crippen LogP contribution >= 0.6 is 0 Å². The third-order valence-corrected chi connectivity index (χ3v) is 1.53. The molecule has 0 aliphatic carbocycles. The molecule has 5 heteroatoms. The maximum Gasteiger partial charge on any atom is 0.396 e.